The highest BCUT2D eigenvalue weighted by molar-refractivity contribution is 6.58. The predicted octanol–water partition coefficient (Wildman–Crippen LogP) is 1.68. The largest absolute Gasteiger partial charge is 0.491 e. The molecule has 0 aromatic carbocycles. The Bertz CT molecular complexity index is 347. The molecule has 1 rings (SSSR count). The van der Waals surface area contributed by atoms with Crippen molar-refractivity contribution >= 4 is 12.6 Å². The maximum absolute atomic E-state index is 8.90. The van der Waals surface area contributed by atoms with Crippen LogP contribution in [0.15, 0.2) is 12.4 Å². The van der Waals surface area contributed by atoms with Crippen molar-refractivity contribution in [1.29, 1.82) is 0 Å². The molecule has 0 saturated heterocycles. The minimum Gasteiger partial charge on any atom is -0.463 e. The molecule has 0 amide bonds. The molecule has 6 heteroatoms. The van der Waals surface area contributed by atoms with Crippen molar-refractivity contribution in [2.45, 2.75) is 58.3 Å². The molecule has 1 aromatic rings. The van der Waals surface area contributed by atoms with Crippen molar-refractivity contribution in [3.8, 4) is 6.01 Å². The molecule has 20 heavy (non-hydrogen) atoms. The zero-order chi connectivity index (χ0) is 14.6. The van der Waals surface area contributed by atoms with E-state index in [1.54, 1.807) is 0 Å². The van der Waals surface area contributed by atoms with E-state index in [4.69, 9.17) is 14.8 Å². The zero-order valence-electron chi connectivity index (χ0n) is 12.3. The average molecular weight is 280 g/mol. The number of rotatable bonds is 11. The lowest BCUT2D eigenvalue weighted by atomic mass is 9.83. The normalized spacial score (nSPS) is 10.6. The molecule has 0 radical (unpaired) electrons. The Morgan fingerprint density at radius 1 is 0.950 bits per heavy atom. The topological polar surface area (TPSA) is 75.5 Å². The number of nitrogens with zero attached hydrogens (tertiary/aromatic N) is 2. The summed E-state index contributed by atoms with van der Waals surface area (Å²) in [6.45, 7) is 2.84. The Labute approximate surface area is 121 Å². The third-order valence-electron chi connectivity index (χ3n) is 3.18. The molecular formula is C14H25BN2O3. The standard InChI is InChI=1S/C14H25BN2O3/c1-2-3-4-5-6-7-8-9-10-20-14-16-11-13(12-17-14)15(18)19/h11-12,18-19H,2-10H2,1H3. The Morgan fingerprint density at radius 3 is 2.05 bits per heavy atom. The van der Waals surface area contributed by atoms with Crippen LogP contribution in [0.25, 0.3) is 0 Å². The maximum atomic E-state index is 8.90. The van der Waals surface area contributed by atoms with Gasteiger partial charge >= 0.3 is 13.1 Å². The van der Waals surface area contributed by atoms with Crippen molar-refractivity contribution < 1.29 is 14.8 Å². The molecule has 2 N–H and O–H groups in total. The highest BCUT2D eigenvalue weighted by Crippen LogP contribution is 2.08. The lowest BCUT2D eigenvalue weighted by molar-refractivity contribution is 0.281. The van der Waals surface area contributed by atoms with Crippen LogP contribution in [0.4, 0.5) is 0 Å². The van der Waals surface area contributed by atoms with Crippen LogP contribution in [0.3, 0.4) is 0 Å². The zero-order valence-corrected chi connectivity index (χ0v) is 12.3. The summed E-state index contributed by atoms with van der Waals surface area (Å²) in [4.78, 5) is 7.83. The molecule has 1 aromatic heterocycles. The quantitative estimate of drug-likeness (QED) is 0.476. The molecule has 0 saturated carbocycles. The first-order valence-corrected chi connectivity index (χ1v) is 7.55. The molecule has 5 nitrogen and oxygen atoms in total. The van der Waals surface area contributed by atoms with E-state index in [-0.39, 0.29) is 11.5 Å². The van der Waals surface area contributed by atoms with E-state index in [9.17, 15) is 0 Å². The third-order valence-corrected chi connectivity index (χ3v) is 3.18. The fourth-order valence-corrected chi connectivity index (χ4v) is 1.93. The van der Waals surface area contributed by atoms with Crippen LogP contribution in [-0.4, -0.2) is 33.7 Å². The maximum Gasteiger partial charge on any atom is 0.491 e. The van der Waals surface area contributed by atoms with E-state index < -0.39 is 7.12 Å². The second-order valence-corrected chi connectivity index (χ2v) is 5.00. The number of aromatic nitrogens is 2. The smallest absolute Gasteiger partial charge is 0.463 e. The van der Waals surface area contributed by atoms with Gasteiger partial charge in [-0.15, -0.1) is 0 Å². The van der Waals surface area contributed by atoms with Gasteiger partial charge in [0.05, 0.1) is 6.61 Å². The molecule has 0 fully saturated rings. The van der Waals surface area contributed by atoms with Crippen molar-refractivity contribution in [2.75, 3.05) is 6.61 Å². The summed E-state index contributed by atoms with van der Waals surface area (Å²) < 4.78 is 5.40. The molecule has 0 atom stereocenters. The molecule has 112 valence electrons. The molecular weight excluding hydrogens is 255 g/mol. The Morgan fingerprint density at radius 2 is 1.50 bits per heavy atom. The van der Waals surface area contributed by atoms with Crippen LogP contribution in [0.5, 0.6) is 6.01 Å². The van der Waals surface area contributed by atoms with E-state index in [0.717, 1.165) is 6.42 Å². The van der Waals surface area contributed by atoms with Gasteiger partial charge in [0.1, 0.15) is 0 Å². The SMILES string of the molecule is CCCCCCCCCCOc1ncc(B(O)O)cn1. The van der Waals surface area contributed by atoms with Crippen molar-refractivity contribution in [2.24, 2.45) is 0 Å². The summed E-state index contributed by atoms with van der Waals surface area (Å²) >= 11 is 0. The molecule has 0 spiro atoms. The van der Waals surface area contributed by atoms with Gasteiger partial charge in [-0.1, -0.05) is 51.9 Å². The van der Waals surface area contributed by atoms with E-state index in [2.05, 4.69) is 16.9 Å². The Kier molecular flexibility index (Phi) is 8.99. The fraction of sp³-hybridized carbons (Fsp3) is 0.714. The van der Waals surface area contributed by atoms with Gasteiger partial charge in [-0.3, -0.25) is 0 Å². The van der Waals surface area contributed by atoms with Crippen LogP contribution in [0, 0.1) is 0 Å². The summed E-state index contributed by atoms with van der Waals surface area (Å²) in [7, 11) is -1.53. The fourth-order valence-electron chi connectivity index (χ4n) is 1.93. The van der Waals surface area contributed by atoms with Gasteiger partial charge in [-0.25, -0.2) is 9.97 Å². The van der Waals surface area contributed by atoms with Gasteiger partial charge < -0.3 is 14.8 Å². The summed E-state index contributed by atoms with van der Waals surface area (Å²) in [5.41, 5.74) is 0.268. The molecule has 0 aliphatic rings. The number of hydrogen-bond donors (Lipinski definition) is 2. The second kappa shape index (κ2) is 10.6. The van der Waals surface area contributed by atoms with E-state index >= 15 is 0 Å². The summed E-state index contributed by atoms with van der Waals surface area (Å²) in [6.07, 6.45) is 12.8. The summed E-state index contributed by atoms with van der Waals surface area (Å²) in [5, 5.41) is 17.8. The van der Waals surface area contributed by atoms with Gasteiger partial charge in [-0.2, -0.15) is 0 Å². The van der Waals surface area contributed by atoms with Crippen LogP contribution >= 0.6 is 0 Å². The van der Waals surface area contributed by atoms with Gasteiger partial charge in [0.15, 0.2) is 0 Å². The first-order valence-electron chi connectivity index (χ1n) is 7.55. The van der Waals surface area contributed by atoms with Crippen LogP contribution < -0.4 is 10.2 Å². The van der Waals surface area contributed by atoms with Crippen molar-refractivity contribution in [1.82, 2.24) is 9.97 Å². The van der Waals surface area contributed by atoms with Crippen LogP contribution in [0.1, 0.15) is 58.3 Å². The minimum absolute atomic E-state index is 0.268. The predicted molar refractivity (Wildman–Crippen MR) is 80.0 cm³/mol. The van der Waals surface area contributed by atoms with Gasteiger partial charge in [0.25, 0.3) is 0 Å². The molecule has 0 aliphatic carbocycles. The van der Waals surface area contributed by atoms with Gasteiger partial charge in [0, 0.05) is 17.9 Å². The average Bonchev–Trinajstić information content (AvgIpc) is 2.46. The Balaban J connectivity index is 2.01. The highest BCUT2D eigenvalue weighted by atomic mass is 16.5. The monoisotopic (exact) mass is 280 g/mol. The van der Waals surface area contributed by atoms with Crippen LogP contribution in [-0.2, 0) is 0 Å². The minimum atomic E-state index is -1.53. The number of unbranched alkanes of at least 4 members (excludes halogenated alkanes) is 7. The van der Waals surface area contributed by atoms with E-state index in [1.807, 2.05) is 0 Å². The van der Waals surface area contributed by atoms with Gasteiger partial charge in [0.2, 0.25) is 0 Å². The molecule has 1 heterocycles. The Hall–Kier alpha value is -1.14. The lowest BCUT2D eigenvalue weighted by Gasteiger charge is -2.05. The molecule has 0 aliphatic heterocycles. The van der Waals surface area contributed by atoms with E-state index in [0.29, 0.717) is 6.61 Å². The number of hydrogen-bond acceptors (Lipinski definition) is 5. The van der Waals surface area contributed by atoms with E-state index in [1.165, 1.54) is 57.3 Å². The second-order valence-electron chi connectivity index (χ2n) is 5.00. The molecule has 0 unspecified atom stereocenters. The third kappa shape index (κ3) is 7.45. The van der Waals surface area contributed by atoms with Crippen molar-refractivity contribution in [3.05, 3.63) is 12.4 Å². The molecule has 0 bridgehead atoms. The first kappa shape index (κ1) is 16.9. The van der Waals surface area contributed by atoms with Crippen molar-refractivity contribution in [3.63, 3.8) is 0 Å². The van der Waals surface area contributed by atoms with Gasteiger partial charge in [-0.05, 0) is 6.42 Å². The lowest BCUT2D eigenvalue weighted by Crippen LogP contribution is -2.30. The highest BCUT2D eigenvalue weighted by Gasteiger charge is 2.11. The van der Waals surface area contributed by atoms with Crippen LogP contribution in [0.2, 0.25) is 0 Å². The number of ether oxygens (including phenoxy) is 1. The summed E-state index contributed by atoms with van der Waals surface area (Å²) in [6, 6.07) is 0.289. The first-order chi connectivity index (χ1) is 9.74. The summed E-state index contributed by atoms with van der Waals surface area (Å²) in [5.74, 6) is 0.